The van der Waals surface area contributed by atoms with Crippen molar-refractivity contribution in [2.45, 2.75) is 0 Å². The molecule has 2 nitrogen and oxygen atoms in total. The van der Waals surface area contributed by atoms with Crippen molar-refractivity contribution in [3.05, 3.63) is 64.9 Å². The highest BCUT2D eigenvalue weighted by atomic mass is 35.5. The zero-order chi connectivity index (χ0) is 15.0. The molecule has 0 saturated heterocycles. The molecule has 0 N–H and O–H groups in total. The van der Waals surface area contributed by atoms with Gasteiger partial charge in [0, 0.05) is 22.7 Å². The van der Waals surface area contributed by atoms with Crippen LogP contribution in [-0.2, 0) is 0 Å². The van der Waals surface area contributed by atoms with E-state index in [0.29, 0.717) is 0 Å². The molecule has 3 aromatic rings. The van der Waals surface area contributed by atoms with Crippen LogP contribution >= 0.6 is 11.6 Å². The van der Waals surface area contributed by atoms with Gasteiger partial charge in [0.1, 0.15) is 23.1 Å². The molecule has 0 spiro atoms. The summed E-state index contributed by atoms with van der Waals surface area (Å²) in [6.45, 7) is 0. The Morgan fingerprint density at radius 1 is 0.857 bits per heavy atom. The second-order valence-corrected chi connectivity index (χ2v) is 4.76. The third kappa shape index (κ3) is 2.64. The molecular formula is C15H7ClF3NO. The van der Waals surface area contributed by atoms with E-state index in [2.05, 4.69) is 5.16 Å². The van der Waals surface area contributed by atoms with Crippen LogP contribution in [0, 0.1) is 17.5 Å². The lowest BCUT2D eigenvalue weighted by atomic mass is 10.1. The van der Waals surface area contributed by atoms with Crippen LogP contribution in [0.15, 0.2) is 47.0 Å². The molecule has 0 amide bonds. The Morgan fingerprint density at radius 2 is 1.57 bits per heavy atom. The third-order valence-electron chi connectivity index (χ3n) is 2.91. The third-order valence-corrected chi connectivity index (χ3v) is 3.15. The summed E-state index contributed by atoms with van der Waals surface area (Å²) in [4.78, 5) is 0. The molecule has 3 rings (SSSR count). The van der Waals surface area contributed by atoms with Crippen LogP contribution in [0.25, 0.3) is 22.6 Å². The van der Waals surface area contributed by atoms with Crippen molar-refractivity contribution >= 4 is 11.6 Å². The Morgan fingerprint density at radius 3 is 2.29 bits per heavy atom. The molecule has 0 aliphatic rings. The minimum Gasteiger partial charge on any atom is -0.356 e. The normalized spacial score (nSPS) is 10.9. The van der Waals surface area contributed by atoms with Crippen LogP contribution in [0.2, 0.25) is 5.02 Å². The molecule has 0 aliphatic carbocycles. The van der Waals surface area contributed by atoms with Gasteiger partial charge >= 0.3 is 0 Å². The van der Waals surface area contributed by atoms with Crippen LogP contribution in [-0.4, -0.2) is 5.16 Å². The molecule has 1 aromatic heterocycles. The average Bonchev–Trinajstić information content (AvgIpc) is 2.87. The standard InChI is InChI=1S/C15H7ClF3NO/c16-8-1-3-10(12(18)5-8)14-7-15(21-20-14)11-4-2-9(17)6-13(11)19/h1-7H. The fourth-order valence-corrected chi connectivity index (χ4v) is 2.07. The summed E-state index contributed by atoms with van der Waals surface area (Å²) in [5, 5.41) is 3.95. The van der Waals surface area contributed by atoms with E-state index in [0.717, 1.165) is 18.2 Å². The van der Waals surface area contributed by atoms with E-state index in [1.54, 1.807) is 0 Å². The fraction of sp³-hybridized carbons (Fsp3) is 0. The minimum atomic E-state index is -0.783. The van der Waals surface area contributed by atoms with E-state index < -0.39 is 17.5 Å². The zero-order valence-corrected chi connectivity index (χ0v) is 11.2. The number of halogens is 4. The zero-order valence-electron chi connectivity index (χ0n) is 10.4. The first-order chi connectivity index (χ1) is 10.0. The second-order valence-electron chi connectivity index (χ2n) is 4.32. The number of hydrogen-bond donors (Lipinski definition) is 0. The summed E-state index contributed by atoms with van der Waals surface area (Å²) in [6, 6.07) is 8.54. The molecule has 106 valence electrons. The highest BCUT2D eigenvalue weighted by molar-refractivity contribution is 6.30. The molecule has 0 bridgehead atoms. The van der Waals surface area contributed by atoms with E-state index in [-0.39, 0.29) is 27.6 Å². The SMILES string of the molecule is Fc1ccc(-c2cc(-c3ccc(Cl)cc3F)no2)c(F)c1. The maximum absolute atomic E-state index is 13.8. The molecule has 2 aromatic carbocycles. The van der Waals surface area contributed by atoms with Gasteiger partial charge in [0.15, 0.2) is 5.76 Å². The smallest absolute Gasteiger partial charge is 0.170 e. The summed E-state index contributed by atoms with van der Waals surface area (Å²) in [5.74, 6) is -1.97. The topological polar surface area (TPSA) is 26.0 Å². The highest BCUT2D eigenvalue weighted by Crippen LogP contribution is 2.30. The first-order valence-corrected chi connectivity index (χ1v) is 6.30. The van der Waals surface area contributed by atoms with Gasteiger partial charge in [-0.1, -0.05) is 16.8 Å². The van der Waals surface area contributed by atoms with E-state index in [9.17, 15) is 13.2 Å². The Balaban J connectivity index is 2.03. The average molecular weight is 310 g/mol. The number of benzene rings is 2. The molecule has 0 fully saturated rings. The minimum absolute atomic E-state index is 0.0459. The van der Waals surface area contributed by atoms with Crippen LogP contribution < -0.4 is 0 Å². The summed E-state index contributed by atoms with van der Waals surface area (Å²) >= 11 is 5.67. The summed E-state index contributed by atoms with van der Waals surface area (Å²) in [5.41, 5.74) is 0.421. The molecule has 0 radical (unpaired) electrons. The maximum Gasteiger partial charge on any atom is 0.170 e. The molecule has 0 atom stereocenters. The van der Waals surface area contributed by atoms with Gasteiger partial charge < -0.3 is 4.52 Å². The van der Waals surface area contributed by atoms with E-state index in [4.69, 9.17) is 16.1 Å². The van der Waals surface area contributed by atoms with Gasteiger partial charge in [0.05, 0.1) is 5.56 Å². The predicted molar refractivity (Wildman–Crippen MR) is 72.3 cm³/mol. The Labute approximate surface area is 122 Å². The number of nitrogens with zero attached hydrogens (tertiary/aromatic N) is 1. The monoisotopic (exact) mass is 309 g/mol. The second kappa shape index (κ2) is 5.26. The Kier molecular flexibility index (Phi) is 3.43. The first kappa shape index (κ1) is 13.7. The largest absolute Gasteiger partial charge is 0.356 e. The maximum atomic E-state index is 13.8. The molecular weight excluding hydrogens is 303 g/mol. The van der Waals surface area contributed by atoms with Gasteiger partial charge in [-0.3, -0.25) is 0 Å². The molecule has 0 unspecified atom stereocenters. The highest BCUT2D eigenvalue weighted by Gasteiger charge is 2.15. The van der Waals surface area contributed by atoms with Crippen molar-refractivity contribution in [1.29, 1.82) is 0 Å². The van der Waals surface area contributed by atoms with Gasteiger partial charge in [0.2, 0.25) is 0 Å². The van der Waals surface area contributed by atoms with Crippen molar-refractivity contribution in [2.75, 3.05) is 0 Å². The van der Waals surface area contributed by atoms with E-state index >= 15 is 0 Å². The lowest BCUT2D eigenvalue weighted by Gasteiger charge is -1.98. The Hall–Kier alpha value is -2.27. The van der Waals surface area contributed by atoms with Crippen molar-refractivity contribution in [2.24, 2.45) is 0 Å². The number of rotatable bonds is 2. The lowest BCUT2D eigenvalue weighted by Crippen LogP contribution is -1.84. The number of aromatic nitrogens is 1. The van der Waals surface area contributed by atoms with Crippen molar-refractivity contribution in [3.63, 3.8) is 0 Å². The summed E-state index contributed by atoms with van der Waals surface area (Å²) in [6.07, 6.45) is 0. The predicted octanol–water partition coefficient (Wildman–Crippen LogP) is 5.08. The quantitative estimate of drug-likeness (QED) is 0.660. The van der Waals surface area contributed by atoms with Crippen LogP contribution in [0.5, 0.6) is 0 Å². The lowest BCUT2D eigenvalue weighted by molar-refractivity contribution is 0.431. The molecule has 6 heteroatoms. The van der Waals surface area contributed by atoms with Gasteiger partial charge in [-0.05, 0) is 30.3 Å². The number of hydrogen-bond acceptors (Lipinski definition) is 2. The van der Waals surface area contributed by atoms with Crippen LogP contribution in [0.3, 0.4) is 0 Å². The van der Waals surface area contributed by atoms with Gasteiger partial charge in [-0.25, -0.2) is 13.2 Å². The van der Waals surface area contributed by atoms with E-state index in [1.165, 1.54) is 24.3 Å². The summed E-state index contributed by atoms with van der Waals surface area (Å²) < 4.78 is 45.3. The Bertz CT molecular complexity index is 750. The fourth-order valence-electron chi connectivity index (χ4n) is 1.92. The van der Waals surface area contributed by atoms with Crippen molar-refractivity contribution in [3.8, 4) is 22.6 Å². The molecule has 0 aliphatic heterocycles. The summed E-state index contributed by atoms with van der Waals surface area (Å²) in [7, 11) is 0. The van der Waals surface area contributed by atoms with Crippen LogP contribution in [0.1, 0.15) is 0 Å². The van der Waals surface area contributed by atoms with Crippen molar-refractivity contribution < 1.29 is 17.7 Å². The van der Waals surface area contributed by atoms with Gasteiger partial charge in [-0.2, -0.15) is 0 Å². The van der Waals surface area contributed by atoms with Crippen molar-refractivity contribution in [1.82, 2.24) is 5.16 Å². The van der Waals surface area contributed by atoms with Crippen LogP contribution in [0.4, 0.5) is 13.2 Å². The molecule has 1 heterocycles. The van der Waals surface area contributed by atoms with Gasteiger partial charge in [-0.15, -0.1) is 0 Å². The first-order valence-electron chi connectivity index (χ1n) is 5.92. The van der Waals surface area contributed by atoms with E-state index in [1.807, 2.05) is 0 Å². The van der Waals surface area contributed by atoms with Gasteiger partial charge in [0.25, 0.3) is 0 Å². The molecule has 0 saturated carbocycles. The molecule has 21 heavy (non-hydrogen) atoms.